The fourth-order valence-corrected chi connectivity index (χ4v) is 3.07. The Hall–Kier alpha value is -0.700. The molecule has 0 aliphatic carbocycles. The molecule has 0 bridgehead atoms. The maximum atomic E-state index is 6.63. The minimum atomic E-state index is -0.300. The molecule has 0 amide bonds. The Balaban J connectivity index is 2.46. The second-order valence-corrected chi connectivity index (χ2v) is 6.33. The van der Waals surface area contributed by atoms with E-state index < -0.39 is 0 Å². The SMILES string of the molecule is CCOc1ccc(Br)cc1C(Cl)c1cc(C)cc(Cl)c1. The maximum Gasteiger partial charge on any atom is 0.124 e. The van der Waals surface area contributed by atoms with Crippen molar-refractivity contribution in [3.63, 3.8) is 0 Å². The highest BCUT2D eigenvalue weighted by molar-refractivity contribution is 9.10. The quantitative estimate of drug-likeness (QED) is 0.585. The highest BCUT2D eigenvalue weighted by Crippen LogP contribution is 2.38. The molecule has 1 nitrogen and oxygen atoms in total. The Morgan fingerprint density at radius 2 is 1.95 bits per heavy atom. The molecule has 0 aliphatic rings. The predicted molar refractivity (Wildman–Crippen MR) is 89.2 cm³/mol. The summed E-state index contributed by atoms with van der Waals surface area (Å²) in [6, 6.07) is 11.7. The molecular formula is C16H15BrCl2O. The van der Waals surface area contributed by atoms with Crippen molar-refractivity contribution in [2.45, 2.75) is 19.2 Å². The number of hydrogen-bond acceptors (Lipinski definition) is 1. The molecule has 2 rings (SSSR count). The van der Waals surface area contributed by atoms with Crippen molar-refractivity contribution in [1.29, 1.82) is 0 Å². The van der Waals surface area contributed by atoms with Gasteiger partial charge >= 0.3 is 0 Å². The Morgan fingerprint density at radius 3 is 2.60 bits per heavy atom. The zero-order valence-electron chi connectivity index (χ0n) is 11.3. The molecule has 106 valence electrons. The van der Waals surface area contributed by atoms with E-state index in [1.165, 1.54) is 0 Å². The first kappa shape index (κ1) is 15.7. The van der Waals surface area contributed by atoms with E-state index in [1.54, 1.807) is 0 Å². The summed E-state index contributed by atoms with van der Waals surface area (Å²) in [5, 5.41) is 0.394. The van der Waals surface area contributed by atoms with Crippen LogP contribution in [0.2, 0.25) is 5.02 Å². The molecule has 0 fully saturated rings. The van der Waals surface area contributed by atoms with Crippen LogP contribution < -0.4 is 4.74 Å². The van der Waals surface area contributed by atoms with E-state index in [4.69, 9.17) is 27.9 Å². The fourth-order valence-electron chi connectivity index (χ4n) is 2.09. The van der Waals surface area contributed by atoms with Crippen molar-refractivity contribution >= 4 is 39.1 Å². The summed E-state index contributed by atoms with van der Waals surface area (Å²) in [4.78, 5) is 0. The molecule has 1 atom stereocenters. The predicted octanol–water partition coefficient (Wildman–Crippen LogP) is 6.14. The lowest BCUT2D eigenvalue weighted by molar-refractivity contribution is 0.337. The highest BCUT2D eigenvalue weighted by Gasteiger charge is 2.17. The second-order valence-electron chi connectivity index (χ2n) is 4.54. The molecule has 1 unspecified atom stereocenters. The third-order valence-electron chi connectivity index (χ3n) is 2.90. The van der Waals surface area contributed by atoms with Gasteiger partial charge < -0.3 is 4.74 Å². The Labute approximate surface area is 138 Å². The van der Waals surface area contributed by atoms with E-state index in [-0.39, 0.29) is 5.38 Å². The van der Waals surface area contributed by atoms with Gasteiger partial charge in [-0.1, -0.05) is 33.6 Å². The van der Waals surface area contributed by atoms with E-state index in [2.05, 4.69) is 15.9 Å². The molecule has 2 aromatic carbocycles. The number of ether oxygens (including phenoxy) is 1. The Morgan fingerprint density at radius 1 is 1.20 bits per heavy atom. The monoisotopic (exact) mass is 372 g/mol. The number of hydrogen-bond donors (Lipinski definition) is 0. The van der Waals surface area contributed by atoms with Crippen LogP contribution in [0, 0.1) is 6.92 Å². The third kappa shape index (κ3) is 3.69. The van der Waals surface area contributed by atoms with Gasteiger partial charge in [-0.3, -0.25) is 0 Å². The van der Waals surface area contributed by atoms with Gasteiger partial charge in [0.1, 0.15) is 5.75 Å². The molecule has 20 heavy (non-hydrogen) atoms. The summed E-state index contributed by atoms with van der Waals surface area (Å²) in [7, 11) is 0. The minimum absolute atomic E-state index is 0.300. The largest absolute Gasteiger partial charge is 0.494 e. The zero-order chi connectivity index (χ0) is 14.7. The first-order valence-electron chi connectivity index (χ1n) is 6.34. The maximum absolute atomic E-state index is 6.63. The molecular weight excluding hydrogens is 359 g/mol. The smallest absolute Gasteiger partial charge is 0.124 e. The van der Waals surface area contributed by atoms with E-state index in [1.807, 2.05) is 50.2 Å². The van der Waals surface area contributed by atoms with Crippen LogP contribution in [0.1, 0.15) is 29.0 Å². The van der Waals surface area contributed by atoms with Crippen molar-refractivity contribution in [3.8, 4) is 5.75 Å². The van der Waals surface area contributed by atoms with Crippen molar-refractivity contribution in [1.82, 2.24) is 0 Å². The molecule has 0 aliphatic heterocycles. The first-order valence-corrected chi connectivity index (χ1v) is 7.95. The lowest BCUT2D eigenvalue weighted by atomic mass is 10.0. The summed E-state index contributed by atoms with van der Waals surface area (Å²) >= 11 is 16.2. The third-order valence-corrected chi connectivity index (χ3v) is 4.10. The molecule has 0 heterocycles. The molecule has 0 N–H and O–H groups in total. The standard InChI is InChI=1S/C16H15BrCl2O/c1-3-20-15-5-4-12(17)9-14(15)16(19)11-6-10(2)7-13(18)8-11/h4-9,16H,3H2,1-2H3. The van der Waals surface area contributed by atoms with Crippen molar-refractivity contribution in [2.24, 2.45) is 0 Å². The van der Waals surface area contributed by atoms with Crippen LogP contribution in [0.5, 0.6) is 5.75 Å². The average molecular weight is 374 g/mol. The van der Waals surface area contributed by atoms with E-state index in [9.17, 15) is 0 Å². The Kier molecular flexibility index (Phi) is 5.36. The van der Waals surface area contributed by atoms with E-state index in [0.717, 1.165) is 26.9 Å². The first-order chi connectivity index (χ1) is 9.51. The molecule has 0 aromatic heterocycles. The van der Waals surface area contributed by atoms with Gasteiger partial charge in [-0.25, -0.2) is 0 Å². The minimum Gasteiger partial charge on any atom is -0.494 e. The van der Waals surface area contributed by atoms with Crippen LogP contribution in [-0.2, 0) is 0 Å². The summed E-state index contributed by atoms with van der Waals surface area (Å²) < 4.78 is 6.63. The van der Waals surface area contributed by atoms with Crippen LogP contribution >= 0.6 is 39.1 Å². The number of rotatable bonds is 4. The topological polar surface area (TPSA) is 9.23 Å². The molecule has 4 heteroatoms. The normalized spacial score (nSPS) is 12.2. The lowest BCUT2D eigenvalue weighted by Gasteiger charge is -2.16. The second kappa shape index (κ2) is 6.84. The van der Waals surface area contributed by atoms with Gasteiger partial charge in [0.25, 0.3) is 0 Å². The van der Waals surface area contributed by atoms with Gasteiger partial charge in [0, 0.05) is 15.1 Å². The Bertz CT molecular complexity index is 593. The summed E-state index contributed by atoms with van der Waals surface area (Å²) in [5.74, 6) is 0.799. The average Bonchev–Trinajstić information content (AvgIpc) is 2.39. The van der Waals surface area contributed by atoms with Gasteiger partial charge in [0.2, 0.25) is 0 Å². The van der Waals surface area contributed by atoms with Gasteiger partial charge in [-0.15, -0.1) is 11.6 Å². The van der Waals surface area contributed by atoms with E-state index >= 15 is 0 Å². The lowest BCUT2D eigenvalue weighted by Crippen LogP contribution is -2.00. The molecule has 0 saturated heterocycles. The van der Waals surface area contributed by atoms with Crippen molar-refractivity contribution < 1.29 is 4.74 Å². The number of aryl methyl sites for hydroxylation is 1. The van der Waals surface area contributed by atoms with Crippen LogP contribution in [0.4, 0.5) is 0 Å². The van der Waals surface area contributed by atoms with Crippen molar-refractivity contribution in [2.75, 3.05) is 6.61 Å². The molecule has 2 aromatic rings. The summed E-state index contributed by atoms with van der Waals surface area (Å²) in [6.45, 7) is 4.56. The fraction of sp³-hybridized carbons (Fsp3) is 0.250. The van der Waals surface area contributed by atoms with Gasteiger partial charge in [0.05, 0.1) is 12.0 Å². The van der Waals surface area contributed by atoms with E-state index in [0.29, 0.717) is 11.6 Å². The summed E-state index contributed by atoms with van der Waals surface area (Å²) in [5.41, 5.74) is 2.99. The highest BCUT2D eigenvalue weighted by atomic mass is 79.9. The number of halogens is 3. The molecule has 0 saturated carbocycles. The van der Waals surface area contributed by atoms with Crippen LogP contribution in [0.15, 0.2) is 40.9 Å². The molecule has 0 spiro atoms. The van der Waals surface area contributed by atoms with Gasteiger partial charge in [-0.05, 0) is 55.3 Å². The van der Waals surface area contributed by atoms with Gasteiger partial charge in [-0.2, -0.15) is 0 Å². The summed E-state index contributed by atoms with van der Waals surface area (Å²) in [6.07, 6.45) is 0. The van der Waals surface area contributed by atoms with Gasteiger partial charge in [0.15, 0.2) is 0 Å². The number of benzene rings is 2. The van der Waals surface area contributed by atoms with Crippen molar-refractivity contribution in [3.05, 3.63) is 62.6 Å². The van der Waals surface area contributed by atoms with Crippen LogP contribution in [0.25, 0.3) is 0 Å². The van der Waals surface area contributed by atoms with Crippen LogP contribution in [0.3, 0.4) is 0 Å². The van der Waals surface area contributed by atoms with Crippen LogP contribution in [-0.4, -0.2) is 6.61 Å². The number of alkyl halides is 1. The molecule has 0 radical (unpaired) electrons. The zero-order valence-corrected chi connectivity index (χ0v) is 14.4.